The fourth-order valence-corrected chi connectivity index (χ4v) is 1.54. The van der Waals surface area contributed by atoms with Gasteiger partial charge in [0.05, 0.1) is 4.47 Å². The smallest absolute Gasteiger partial charge is 0.225 e. The molecule has 15 heavy (non-hydrogen) atoms. The van der Waals surface area contributed by atoms with E-state index in [0.29, 0.717) is 12.5 Å². The normalized spacial score (nSPS) is 10.7. The van der Waals surface area contributed by atoms with Gasteiger partial charge in [-0.2, -0.15) is 0 Å². The van der Waals surface area contributed by atoms with Gasteiger partial charge in [-0.05, 0) is 21.8 Å². The molecule has 1 rings (SSSR count). The second kappa shape index (κ2) is 6.02. The molecule has 0 unspecified atom stereocenters. The van der Waals surface area contributed by atoms with Crippen molar-refractivity contribution in [2.24, 2.45) is 11.7 Å². The van der Waals surface area contributed by atoms with Crippen LogP contribution in [0.3, 0.4) is 0 Å². The molecule has 0 fully saturated rings. The standard InChI is InChI=1S/C10H17BrN4/c1-8(2)7-15(4-3-12)10-13-5-9(11)6-14-10/h5-6,8H,3-4,7,12H2,1-2H3. The van der Waals surface area contributed by atoms with Crippen LogP contribution in [0.1, 0.15) is 13.8 Å². The average molecular weight is 273 g/mol. The minimum atomic E-state index is 0.573. The Kier molecular flexibility index (Phi) is 4.98. The van der Waals surface area contributed by atoms with Crippen LogP contribution in [0.4, 0.5) is 5.95 Å². The molecule has 0 aromatic carbocycles. The van der Waals surface area contributed by atoms with Crippen molar-refractivity contribution in [2.45, 2.75) is 13.8 Å². The lowest BCUT2D eigenvalue weighted by Crippen LogP contribution is -2.33. The molecule has 5 heteroatoms. The van der Waals surface area contributed by atoms with Gasteiger partial charge in [0.1, 0.15) is 0 Å². The number of nitrogens with two attached hydrogens (primary N) is 1. The van der Waals surface area contributed by atoms with Gasteiger partial charge in [-0.15, -0.1) is 0 Å². The number of nitrogens with zero attached hydrogens (tertiary/aromatic N) is 3. The maximum atomic E-state index is 5.57. The van der Waals surface area contributed by atoms with Crippen LogP contribution in [0.5, 0.6) is 0 Å². The molecule has 1 heterocycles. The zero-order chi connectivity index (χ0) is 11.3. The number of halogens is 1. The lowest BCUT2D eigenvalue weighted by molar-refractivity contribution is 0.602. The molecule has 4 nitrogen and oxygen atoms in total. The van der Waals surface area contributed by atoms with E-state index in [0.717, 1.165) is 23.5 Å². The lowest BCUT2D eigenvalue weighted by atomic mass is 10.2. The monoisotopic (exact) mass is 272 g/mol. The van der Waals surface area contributed by atoms with Crippen molar-refractivity contribution in [1.82, 2.24) is 9.97 Å². The number of anilines is 1. The number of hydrogen-bond acceptors (Lipinski definition) is 4. The zero-order valence-electron chi connectivity index (χ0n) is 9.15. The van der Waals surface area contributed by atoms with Gasteiger partial charge in [-0.1, -0.05) is 13.8 Å². The van der Waals surface area contributed by atoms with E-state index in [1.165, 1.54) is 0 Å². The van der Waals surface area contributed by atoms with Gasteiger partial charge in [0, 0.05) is 32.0 Å². The first-order chi connectivity index (χ1) is 7.13. The van der Waals surface area contributed by atoms with Crippen molar-refractivity contribution in [1.29, 1.82) is 0 Å². The van der Waals surface area contributed by atoms with Crippen LogP contribution in [-0.4, -0.2) is 29.6 Å². The van der Waals surface area contributed by atoms with E-state index in [2.05, 4.69) is 44.6 Å². The summed E-state index contributed by atoms with van der Waals surface area (Å²) in [6.45, 7) is 6.68. The van der Waals surface area contributed by atoms with Crippen LogP contribution in [0.25, 0.3) is 0 Å². The van der Waals surface area contributed by atoms with Crippen LogP contribution in [-0.2, 0) is 0 Å². The molecule has 84 valence electrons. The van der Waals surface area contributed by atoms with Gasteiger partial charge in [0.25, 0.3) is 0 Å². The Morgan fingerprint density at radius 1 is 1.40 bits per heavy atom. The molecule has 0 spiro atoms. The highest BCUT2D eigenvalue weighted by molar-refractivity contribution is 9.10. The van der Waals surface area contributed by atoms with Crippen molar-refractivity contribution in [2.75, 3.05) is 24.5 Å². The first-order valence-electron chi connectivity index (χ1n) is 5.06. The summed E-state index contributed by atoms with van der Waals surface area (Å²) in [5.41, 5.74) is 5.57. The fraction of sp³-hybridized carbons (Fsp3) is 0.600. The van der Waals surface area contributed by atoms with Gasteiger partial charge < -0.3 is 10.6 Å². The first-order valence-corrected chi connectivity index (χ1v) is 5.85. The Bertz CT molecular complexity index is 286. The predicted octanol–water partition coefficient (Wildman–Crippen LogP) is 1.66. The SMILES string of the molecule is CC(C)CN(CCN)c1ncc(Br)cn1. The molecule has 0 aliphatic heterocycles. The molecule has 0 saturated heterocycles. The highest BCUT2D eigenvalue weighted by Crippen LogP contribution is 2.12. The number of rotatable bonds is 5. The topological polar surface area (TPSA) is 55.0 Å². The van der Waals surface area contributed by atoms with Crippen LogP contribution in [0.2, 0.25) is 0 Å². The minimum absolute atomic E-state index is 0.573. The Morgan fingerprint density at radius 3 is 2.47 bits per heavy atom. The van der Waals surface area contributed by atoms with Gasteiger partial charge in [0.15, 0.2) is 0 Å². The molecular formula is C10H17BrN4. The molecule has 0 saturated carbocycles. The Labute approximate surface area is 99.0 Å². The lowest BCUT2D eigenvalue weighted by Gasteiger charge is -2.23. The first kappa shape index (κ1) is 12.4. The molecule has 0 amide bonds. The van der Waals surface area contributed by atoms with E-state index in [9.17, 15) is 0 Å². The molecule has 0 atom stereocenters. The molecule has 0 aliphatic rings. The number of aromatic nitrogens is 2. The zero-order valence-corrected chi connectivity index (χ0v) is 10.7. The van der Waals surface area contributed by atoms with E-state index < -0.39 is 0 Å². The molecule has 0 bridgehead atoms. The van der Waals surface area contributed by atoms with E-state index in [4.69, 9.17) is 5.73 Å². The summed E-state index contributed by atoms with van der Waals surface area (Å²) in [5.74, 6) is 1.32. The number of hydrogen-bond donors (Lipinski definition) is 1. The van der Waals surface area contributed by atoms with Gasteiger partial charge >= 0.3 is 0 Å². The van der Waals surface area contributed by atoms with Gasteiger partial charge in [0.2, 0.25) is 5.95 Å². The largest absolute Gasteiger partial charge is 0.339 e. The van der Waals surface area contributed by atoms with Crippen LogP contribution in [0.15, 0.2) is 16.9 Å². The van der Waals surface area contributed by atoms with E-state index in [1.54, 1.807) is 12.4 Å². The maximum Gasteiger partial charge on any atom is 0.225 e. The quantitative estimate of drug-likeness (QED) is 0.886. The second-order valence-electron chi connectivity index (χ2n) is 3.83. The second-order valence-corrected chi connectivity index (χ2v) is 4.75. The van der Waals surface area contributed by atoms with Crippen LogP contribution < -0.4 is 10.6 Å². The maximum absolute atomic E-state index is 5.57. The van der Waals surface area contributed by atoms with Crippen molar-refractivity contribution < 1.29 is 0 Å². The summed E-state index contributed by atoms with van der Waals surface area (Å²) >= 11 is 3.32. The third kappa shape index (κ3) is 4.13. The highest BCUT2D eigenvalue weighted by Gasteiger charge is 2.09. The van der Waals surface area contributed by atoms with Crippen molar-refractivity contribution >= 4 is 21.9 Å². The Hall–Kier alpha value is -0.680. The summed E-state index contributed by atoms with van der Waals surface area (Å²) in [6, 6.07) is 0. The van der Waals surface area contributed by atoms with Crippen LogP contribution >= 0.6 is 15.9 Å². The molecule has 1 aromatic rings. The summed E-state index contributed by atoms with van der Waals surface area (Å²) in [4.78, 5) is 10.6. The molecule has 0 aliphatic carbocycles. The van der Waals surface area contributed by atoms with E-state index >= 15 is 0 Å². The Morgan fingerprint density at radius 2 is 2.00 bits per heavy atom. The molecule has 0 radical (unpaired) electrons. The van der Waals surface area contributed by atoms with E-state index in [-0.39, 0.29) is 0 Å². The third-order valence-corrected chi connectivity index (χ3v) is 2.28. The van der Waals surface area contributed by atoms with Crippen molar-refractivity contribution in [3.63, 3.8) is 0 Å². The van der Waals surface area contributed by atoms with Gasteiger partial charge in [-0.25, -0.2) is 9.97 Å². The highest BCUT2D eigenvalue weighted by atomic mass is 79.9. The summed E-state index contributed by atoms with van der Waals surface area (Å²) in [6.07, 6.45) is 3.51. The average Bonchev–Trinajstić information content (AvgIpc) is 2.17. The third-order valence-electron chi connectivity index (χ3n) is 1.87. The van der Waals surface area contributed by atoms with Crippen LogP contribution in [0, 0.1) is 5.92 Å². The fourth-order valence-electron chi connectivity index (χ4n) is 1.34. The Balaban J connectivity index is 2.74. The van der Waals surface area contributed by atoms with Crippen molar-refractivity contribution in [3.05, 3.63) is 16.9 Å². The molecular weight excluding hydrogens is 256 g/mol. The summed E-state index contributed by atoms with van der Waals surface area (Å²) in [5, 5.41) is 0. The minimum Gasteiger partial charge on any atom is -0.339 e. The van der Waals surface area contributed by atoms with Gasteiger partial charge in [-0.3, -0.25) is 0 Å². The molecule has 1 aromatic heterocycles. The summed E-state index contributed by atoms with van der Waals surface area (Å²) < 4.78 is 0.892. The summed E-state index contributed by atoms with van der Waals surface area (Å²) in [7, 11) is 0. The van der Waals surface area contributed by atoms with Crippen molar-refractivity contribution in [3.8, 4) is 0 Å². The predicted molar refractivity (Wildman–Crippen MR) is 65.8 cm³/mol. The molecule has 2 N–H and O–H groups in total. The van der Waals surface area contributed by atoms with E-state index in [1.807, 2.05) is 0 Å².